The summed E-state index contributed by atoms with van der Waals surface area (Å²) in [6.07, 6.45) is 4.61. The number of H-pyrrole nitrogens is 1. The van der Waals surface area contributed by atoms with E-state index >= 15 is 0 Å². The topological polar surface area (TPSA) is 51.9 Å². The fourth-order valence-electron chi connectivity index (χ4n) is 3.43. The zero-order chi connectivity index (χ0) is 13.4. The van der Waals surface area contributed by atoms with Gasteiger partial charge in [-0.15, -0.1) is 0 Å². The normalized spacial score (nSPS) is 20.6. The maximum absolute atomic E-state index is 3.45. The lowest BCUT2D eigenvalue weighted by Gasteiger charge is -2.24. The number of para-hydroxylation sites is 1. The minimum absolute atomic E-state index is 0.697. The Balaban J connectivity index is 1.78. The van der Waals surface area contributed by atoms with E-state index in [2.05, 4.69) is 51.6 Å². The van der Waals surface area contributed by atoms with Crippen LogP contribution in [0.25, 0.3) is 16.6 Å². The second-order valence-electron chi connectivity index (χ2n) is 5.65. The van der Waals surface area contributed by atoms with Crippen LogP contribution in [0.2, 0.25) is 0 Å². The highest BCUT2D eigenvalue weighted by Crippen LogP contribution is 2.32. The Hall–Kier alpha value is -1.78. The highest BCUT2D eigenvalue weighted by molar-refractivity contribution is 5.93. The van der Waals surface area contributed by atoms with Gasteiger partial charge >= 0.3 is 0 Å². The van der Waals surface area contributed by atoms with E-state index in [1.54, 1.807) is 0 Å². The molecule has 2 aromatic rings. The van der Waals surface area contributed by atoms with Gasteiger partial charge in [-0.2, -0.15) is 0 Å². The molecule has 0 spiro atoms. The molecule has 2 aliphatic rings. The minimum atomic E-state index is 0.697. The maximum Gasteiger partial charge on any atom is 0.0589 e. The lowest BCUT2D eigenvalue weighted by molar-refractivity contribution is 0.417. The molecule has 1 aromatic carbocycles. The monoisotopic (exact) mass is 268 g/mol. The molecule has 0 saturated carbocycles. The third-order valence-corrected chi connectivity index (χ3v) is 4.50. The van der Waals surface area contributed by atoms with Gasteiger partial charge in [0.05, 0.1) is 5.70 Å². The van der Waals surface area contributed by atoms with Gasteiger partial charge in [0.15, 0.2) is 0 Å². The number of fused-ring (bicyclic) bond motifs is 1. The van der Waals surface area contributed by atoms with Crippen LogP contribution < -0.4 is 16.2 Å². The fourth-order valence-corrected chi connectivity index (χ4v) is 3.43. The van der Waals surface area contributed by atoms with Crippen LogP contribution in [-0.2, 0) is 0 Å². The van der Waals surface area contributed by atoms with E-state index in [1.807, 2.05) is 0 Å². The average Bonchev–Trinajstić information content (AvgIpc) is 3.14. The molecule has 0 bridgehead atoms. The second-order valence-corrected chi connectivity index (χ2v) is 5.65. The van der Waals surface area contributed by atoms with Gasteiger partial charge in [0, 0.05) is 29.2 Å². The number of aromatic nitrogens is 1. The Labute approximate surface area is 118 Å². The largest absolute Gasteiger partial charge is 0.360 e. The molecule has 104 valence electrons. The van der Waals surface area contributed by atoms with E-state index in [-0.39, 0.29) is 0 Å². The Bertz CT molecular complexity index is 649. The summed E-state index contributed by atoms with van der Waals surface area (Å²) in [4.78, 5) is 3.37. The second kappa shape index (κ2) is 4.96. The summed E-state index contributed by atoms with van der Waals surface area (Å²) in [5.74, 6) is 0.697. The molecule has 4 rings (SSSR count). The number of aromatic amines is 1. The molecular formula is C16H20N4. The lowest BCUT2D eigenvalue weighted by Crippen LogP contribution is -2.29. The average molecular weight is 268 g/mol. The Morgan fingerprint density at radius 3 is 2.80 bits per heavy atom. The highest BCUT2D eigenvalue weighted by atomic mass is 15.4. The maximum atomic E-state index is 3.45. The molecule has 1 aromatic heterocycles. The smallest absolute Gasteiger partial charge is 0.0589 e. The van der Waals surface area contributed by atoms with Crippen LogP contribution in [-0.4, -0.2) is 24.6 Å². The van der Waals surface area contributed by atoms with Crippen LogP contribution in [0.4, 0.5) is 0 Å². The first-order chi connectivity index (χ1) is 9.93. The molecule has 1 fully saturated rings. The van der Waals surface area contributed by atoms with Crippen molar-refractivity contribution in [2.24, 2.45) is 5.92 Å². The number of benzene rings is 1. The Morgan fingerprint density at radius 1 is 1.05 bits per heavy atom. The van der Waals surface area contributed by atoms with Crippen LogP contribution in [0.15, 0.2) is 36.0 Å². The zero-order valence-corrected chi connectivity index (χ0v) is 11.5. The first kappa shape index (κ1) is 12.0. The summed E-state index contributed by atoms with van der Waals surface area (Å²) >= 11 is 0. The van der Waals surface area contributed by atoms with E-state index in [0.717, 1.165) is 19.6 Å². The lowest BCUT2D eigenvalue weighted by atomic mass is 9.88. The molecule has 4 N–H and O–H groups in total. The van der Waals surface area contributed by atoms with Crippen LogP contribution in [0.1, 0.15) is 18.4 Å². The van der Waals surface area contributed by atoms with Crippen LogP contribution in [0.3, 0.4) is 0 Å². The van der Waals surface area contributed by atoms with Gasteiger partial charge in [0.1, 0.15) is 0 Å². The Kier molecular flexibility index (Phi) is 2.98. The summed E-state index contributed by atoms with van der Waals surface area (Å²) in [5, 5.41) is 4.74. The molecule has 1 saturated heterocycles. The molecular weight excluding hydrogens is 248 g/mol. The molecule has 0 atom stereocenters. The molecule has 4 heteroatoms. The SMILES string of the molecule is c1ccc2c(C3=C(C4CCNCC4)CNN3)c[nH]c2c1. The molecule has 3 heterocycles. The summed E-state index contributed by atoms with van der Waals surface area (Å²) < 4.78 is 0. The quantitative estimate of drug-likeness (QED) is 0.674. The minimum Gasteiger partial charge on any atom is -0.360 e. The van der Waals surface area contributed by atoms with Crippen molar-refractivity contribution >= 4 is 16.6 Å². The van der Waals surface area contributed by atoms with Crippen molar-refractivity contribution in [2.75, 3.05) is 19.6 Å². The van der Waals surface area contributed by atoms with E-state index in [0.29, 0.717) is 5.92 Å². The fraction of sp³-hybridized carbons (Fsp3) is 0.375. The third-order valence-electron chi connectivity index (χ3n) is 4.50. The van der Waals surface area contributed by atoms with Gasteiger partial charge in [-0.05, 0) is 43.5 Å². The van der Waals surface area contributed by atoms with Crippen molar-refractivity contribution < 1.29 is 0 Å². The molecule has 20 heavy (non-hydrogen) atoms. The van der Waals surface area contributed by atoms with Crippen molar-refractivity contribution in [3.05, 3.63) is 41.6 Å². The van der Waals surface area contributed by atoms with E-state index in [9.17, 15) is 0 Å². The number of hydrazine groups is 1. The molecule has 0 radical (unpaired) electrons. The van der Waals surface area contributed by atoms with Gasteiger partial charge < -0.3 is 15.7 Å². The first-order valence-electron chi connectivity index (χ1n) is 7.42. The molecule has 0 unspecified atom stereocenters. The van der Waals surface area contributed by atoms with Gasteiger partial charge in [0.25, 0.3) is 0 Å². The number of hydrogen-bond acceptors (Lipinski definition) is 3. The van der Waals surface area contributed by atoms with Crippen LogP contribution >= 0.6 is 0 Å². The summed E-state index contributed by atoms with van der Waals surface area (Å²) in [5.41, 5.74) is 12.0. The van der Waals surface area contributed by atoms with Crippen molar-refractivity contribution in [1.82, 2.24) is 21.2 Å². The van der Waals surface area contributed by atoms with Crippen molar-refractivity contribution in [1.29, 1.82) is 0 Å². The number of nitrogens with one attached hydrogen (secondary N) is 4. The van der Waals surface area contributed by atoms with E-state index in [4.69, 9.17) is 0 Å². The number of rotatable bonds is 2. The predicted octanol–water partition coefficient (Wildman–Crippen LogP) is 1.99. The number of hydrogen-bond donors (Lipinski definition) is 4. The van der Waals surface area contributed by atoms with Crippen molar-refractivity contribution in [2.45, 2.75) is 12.8 Å². The molecule has 0 amide bonds. The molecule has 4 nitrogen and oxygen atoms in total. The van der Waals surface area contributed by atoms with Gasteiger partial charge in [-0.1, -0.05) is 18.2 Å². The van der Waals surface area contributed by atoms with Crippen molar-refractivity contribution in [3.63, 3.8) is 0 Å². The number of piperidine rings is 1. The summed E-state index contributed by atoms with van der Waals surface area (Å²) in [6.45, 7) is 3.23. The van der Waals surface area contributed by atoms with Crippen LogP contribution in [0, 0.1) is 5.92 Å². The standard InChI is InChI=1S/C16H20N4/c1-2-4-15-12(3-1)14(9-18-15)16-13(10-19-20-16)11-5-7-17-8-6-11/h1-4,9,11,17-20H,5-8,10H2. The van der Waals surface area contributed by atoms with E-state index < -0.39 is 0 Å². The predicted molar refractivity (Wildman–Crippen MR) is 82.0 cm³/mol. The zero-order valence-electron chi connectivity index (χ0n) is 11.5. The highest BCUT2D eigenvalue weighted by Gasteiger charge is 2.25. The van der Waals surface area contributed by atoms with Gasteiger partial charge in [0.2, 0.25) is 0 Å². The molecule has 0 aliphatic carbocycles. The van der Waals surface area contributed by atoms with Crippen molar-refractivity contribution in [3.8, 4) is 0 Å². The van der Waals surface area contributed by atoms with Crippen LogP contribution in [0.5, 0.6) is 0 Å². The Morgan fingerprint density at radius 2 is 1.90 bits per heavy atom. The van der Waals surface area contributed by atoms with Gasteiger partial charge in [-0.3, -0.25) is 0 Å². The summed E-state index contributed by atoms with van der Waals surface area (Å²) in [7, 11) is 0. The van der Waals surface area contributed by atoms with E-state index in [1.165, 1.54) is 40.6 Å². The molecule has 2 aliphatic heterocycles. The summed E-state index contributed by atoms with van der Waals surface area (Å²) in [6, 6.07) is 8.50. The first-order valence-corrected chi connectivity index (χ1v) is 7.42. The van der Waals surface area contributed by atoms with Gasteiger partial charge in [-0.25, -0.2) is 5.43 Å². The third kappa shape index (κ3) is 1.92.